The van der Waals surface area contributed by atoms with E-state index >= 15 is 0 Å². The molecule has 1 aromatic rings. The van der Waals surface area contributed by atoms with E-state index in [0.717, 1.165) is 12.1 Å². The van der Waals surface area contributed by atoms with Crippen molar-refractivity contribution in [3.8, 4) is 5.75 Å². The van der Waals surface area contributed by atoms with Crippen molar-refractivity contribution >= 4 is 17.6 Å². The highest BCUT2D eigenvalue weighted by molar-refractivity contribution is 6.01. The molecule has 0 aliphatic rings. The molecule has 1 rings (SSSR count). The largest absolute Gasteiger partial charge is 0.573 e. The Morgan fingerprint density at radius 1 is 1.22 bits per heavy atom. The van der Waals surface area contributed by atoms with Crippen molar-refractivity contribution in [1.29, 1.82) is 0 Å². The number of carbonyl (C=O) groups excluding carboxylic acids is 1. The summed E-state index contributed by atoms with van der Waals surface area (Å²) in [7, 11) is 0. The van der Waals surface area contributed by atoms with Gasteiger partial charge in [-0.2, -0.15) is 0 Å². The molecule has 0 saturated heterocycles. The van der Waals surface area contributed by atoms with E-state index in [2.05, 4.69) is 10.1 Å². The van der Waals surface area contributed by atoms with Crippen LogP contribution in [0.5, 0.6) is 5.75 Å². The number of amides is 1. The summed E-state index contributed by atoms with van der Waals surface area (Å²) in [6.45, 7) is 0. The van der Waals surface area contributed by atoms with E-state index in [1.807, 2.05) is 0 Å². The quantitative estimate of drug-likeness (QED) is 0.814. The summed E-state index contributed by atoms with van der Waals surface area (Å²) in [5.74, 6) is -2.50. The fourth-order valence-corrected chi connectivity index (χ4v) is 1.08. The van der Waals surface area contributed by atoms with Crippen LogP contribution in [0, 0.1) is 0 Å². The Balaban J connectivity index is 2.60. The number of ether oxygens (including phenoxy) is 1. The number of rotatable bonds is 4. The molecule has 0 aliphatic heterocycles. The number of aliphatic carboxylic acids is 1. The summed E-state index contributed by atoms with van der Waals surface area (Å²) in [6.07, 6.45) is -5.51. The highest BCUT2D eigenvalue weighted by atomic mass is 19.4. The van der Waals surface area contributed by atoms with E-state index < -0.39 is 30.4 Å². The molecule has 0 unspecified atom stereocenters. The molecule has 18 heavy (non-hydrogen) atoms. The van der Waals surface area contributed by atoms with E-state index in [0.29, 0.717) is 0 Å². The molecule has 0 bridgehead atoms. The zero-order valence-electron chi connectivity index (χ0n) is 8.82. The fraction of sp³-hybridized carbons (Fsp3) is 0.200. The van der Waals surface area contributed by atoms with Crippen LogP contribution in [0.1, 0.15) is 6.42 Å². The van der Waals surface area contributed by atoms with Gasteiger partial charge < -0.3 is 15.2 Å². The van der Waals surface area contributed by atoms with E-state index in [-0.39, 0.29) is 5.69 Å². The summed E-state index contributed by atoms with van der Waals surface area (Å²) in [4.78, 5) is 21.2. The molecular formula is C10H8F3NO4. The van der Waals surface area contributed by atoms with Crippen LogP contribution in [-0.2, 0) is 9.59 Å². The minimum Gasteiger partial charge on any atom is -0.481 e. The number of hydrogen-bond donors (Lipinski definition) is 2. The van der Waals surface area contributed by atoms with Crippen LogP contribution >= 0.6 is 0 Å². The predicted molar refractivity (Wildman–Crippen MR) is 54.0 cm³/mol. The van der Waals surface area contributed by atoms with Crippen molar-refractivity contribution in [3.63, 3.8) is 0 Å². The lowest BCUT2D eigenvalue weighted by Crippen LogP contribution is -2.17. The van der Waals surface area contributed by atoms with Crippen LogP contribution in [0.25, 0.3) is 0 Å². The Labute approximate surface area is 99.2 Å². The lowest BCUT2D eigenvalue weighted by Gasteiger charge is -2.09. The number of anilines is 1. The molecule has 2 N–H and O–H groups in total. The molecular weight excluding hydrogens is 255 g/mol. The van der Waals surface area contributed by atoms with Crippen LogP contribution in [0.4, 0.5) is 18.9 Å². The van der Waals surface area contributed by atoms with Crippen LogP contribution in [0.15, 0.2) is 24.3 Å². The SMILES string of the molecule is O=C(O)CC(=O)Nc1ccc(OC(F)(F)F)cc1. The van der Waals surface area contributed by atoms with Gasteiger partial charge in [-0.05, 0) is 24.3 Å². The van der Waals surface area contributed by atoms with Gasteiger partial charge in [0.2, 0.25) is 5.91 Å². The van der Waals surface area contributed by atoms with Gasteiger partial charge in [0.05, 0.1) is 0 Å². The first kappa shape index (κ1) is 13.8. The maximum Gasteiger partial charge on any atom is 0.573 e. The second-order valence-electron chi connectivity index (χ2n) is 3.19. The zero-order valence-corrected chi connectivity index (χ0v) is 8.82. The molecule has 98 valence electrons. The third kappa shape index (κ3) is 5.19. The first-order chi connectivity index (χ1) is 8.26. The number of carbonyl (C=O) groups is 2. The van der Waals surface area contributed by atoms with Crippen molar-refractivity contribution in [1.82, 2.24) is 0 Å². The Morgan fingerprint density at radius 3 is 2.22 bits per heavy atom. The summed E-state index contributed by atoms with van der Waals surface area (Å²) in [5, 5.41) is 10.5. The first-order valence-electron chi connectivity index (χ1n) is 4.64. The van der Waals surface area contributed by atoms with Gasteiger partial charge in [-0.1, -0.05) is 0 Å². The molecule has 5 nitrogen and oxygen atoms in total. The average Bonchev–Trinajstić information content (AvgIpc) is 2.17. The molecule has 0 radical (unpaired) electrons. The van der Waals surface area contributed by atoms with E-state index in [4.69, 9.17) is 5.11 Å². The average molecular weight is 263 g/mol. The summed E-state index contributed by atoms with van der Waals surface area (Å²) >= 11 is 0. The second kappa shape index (κ2) is 5.39. The van der Waals surface area contributed by atoms with Gasteiger partial charge in [-0.15, -0.1) is 13.2 Å². The van der Waals surface area contributed by atoms with Gasteiger partial charge in [0.1, 0.15) is 12.2 Å². The highest BCUT2D eigenvalue weighted by Crippen LogP contribution is 2.23. The molecule has 0 aromatic heterocycles. The van der Waals surface area contributed by atoms with Crippen LogP contribution in [0.2, 0.25) is 0 Å². The van der Waals surface area contributed by atoms with Gasteiger partial charge in [0.15, 0.2) is 0 Å². The lowest BCUT2D eigenvalue weighted by atomic mass is 10.3. The van der Waals surface area contributed by atoms with Crippen molar-refractivity contribution in [3.05, 3.63) is 24.3 Å². The highest BCUT2D eigenvalue weighted by Gasteiger charge is 2.30. The smallest absolute Gasteiger partial charge is 0.481 e. The number of hydrogen-bond acceptors (Lipinski definition) is 3. The normalized spacial score (nSPS) is 10.8. The Morgan fingerprint density at radius 2 is 1.78 bits per heavy atom. The van der Waals surface area contributed by atoms with Gasteiger partial charge in [-0.3, -0.25) is 9.59 Å². The maximum atomic E-state index is 11.8. The summed E-state index contributed by atoms with van der Waals surface area (Å²) in [6, 6.07) is 4.34. The van der Waals surface area contributed by atoms with Gasteiger partial charge in [0, 0.05) is 5.69 Å². The number of alkyl halides is 3. The number of benzene rings is 1. The zero-order chi connectivity index (χ0) is 13.8. The second-order valence-corrected chi connectivity index (χ2v) is 3.19. The fourth-order valence-electron chi connectivity index (χ4n) is 1.08. The molecule has 0 fully saturated rings. The summed E-state index contributed by atoms with van der Waals surface area (Å²) < 4.78 is 39.1. The third-order valence-electron chi connectivity index (χ3n) is 1.68. The van der Waals surface area contributed by atoms with Crippen molar-refractivity contribution in [2.75, 3.05) is 5.32 Å². The standard InChI is InChI=1S/C10H8F3NO4/c11-10(12,13)18-7-3-1-6(2-4-7)14-8(15)5-9(16)17/h1-4H,5H2,(H,14,15)(H,16,17). The van der Waals surface area contributed by atoms with E-state index in [1.54, 1.807) is 0 Å². The Bertz CT molecular complexity index is 441. The summed E-state index contributed by atoms with van der Waals surface area (Å²) in [5.41, 5.74) is 0.177. The minimum absolute atomic E-state index is 0.177. The molecule has 0 spiro atoms. The Hall–Kier alpha value is -2.25. The molecule has 1 amide bonds. The van der Waals surface area contributed by atoms with Gasteiger partial charge >= 0.3 is 12.3 Å². The number of carboxylic acid groups (broad SMARTS) is 1. The van der Waals surface area contributed by atoms with Gasteiger partial charge in [-0.25, -0.2) is 0 Å². The monoisotopic (exact) mass is 263 g/mol. The maximum absolute atomic E-state index is 11.8. The van der Waals surface area contributed by atoms with Crippen LogP contribution in [0.3, 0.4) is 0 Å². The molecule has 0 heterocycles. The molecule has 0 aliphatic carbocycles. The Kier molecular flexibility index (Phi) is 4.13. The van der Waals surface area contributed by atoms with Crippen LogP contribution < -0.4 is 10.1 Å². The molecule has 0 atom stereocenters. The topological polar surface area (TPSA) is 75.6 Å². The molecule has 8 heteroatoms. The first-order valence-corrected chi connectivity index (χ1v) is 4.64. The number of nitrogens with one attached hydrogen (secondary N) is 1. The van der Waals surface area contributed by atoms with Crippen LogP contribution in [-0.4, -0.2) is 23.3 Å². The van der Waals surface area contributed by atoms with E-state index in [1.165, 1.54) is 12.1 Å². The van der Waals surface area contributed by atoms with Crippen molar-refractivity contribution < 1.29 is 32.6 Å². The van der Waals surface area contributed by atoms with Crippen molar-refractivity contribution in [2.45, 2.75) is 12.8 Å². The molecule has 0 saturated carbocycles. The van der Waals surface area contributed by atoms with Gasteiger partial charge in [0.25, 0.3) is 0 Å². The minimum atomic E-state index is -4.78. The third-order valence-corrected chi connectivity index (χ3v) is 1.68. The van der Waals surface area contributed by atoms with E-state index in [9.17, 15) is 22.8 Å². The predicted octanol–water partition coefficient (Wildman–Crippen LogP) is 2.00. The number of halogens is 3. The molecule has 1 aromatic carbocycles. The van der Waals surface area contributed by atoms with Crippen molar-refractivity contribution in [2.24, 2.45) is 0 Å². The lowest BCUT2D eigenvalue weighted by molar-refractivity contribution is -0.274. The number of carboxylic acids is 1.